The normalized spacial score (nSPS) is 18.2. The molecule has 0 unspecified atom stereocenters. The molecule has 0 bridgehead atoms. The molecule has 0 radical (unpaired) electrons. The fourth-order valence-corrected chi connectivity index (χ4v) is 4.04. The van der Waals surface area contributed by atoms with Crippen LogP contribution in [0.15, 0.2) is 29.1 Å². The van der Waals surface area contributed by atoms with E-state index in [1.54, 1.807) is 24.5 Å². The first-order chi connectivity index (χ1) is 13.5. The molecule has 0 amide bonds. The molecular weight excluding hydrogens is 374 g/mol. The number of ether oxygens (including phenoxy) is 1. The molecule has 1 aliphatic rings. The maximum absolute atomic E-state index is 12.4. The summed E-state index contributed by atoms with van der Waals surface area (Å²) in [6.07, 6.45) is 2.36. The highest BCUT2D eigenvalue weighted by Crippen LogP contribution is 2.46. The van der Waals surface area contributed by atoms with E-state index >= 15 is 0 Å². The minimum atomic E-state index is -0.0955. The number of hydrogen-bond acceptors (Lipinski definition) is 7. The summed E-state index contributed by atoms with van der Waals surface area (Å²) in [5, 5.41) is 14.3. The molecule has 0 spiro atoms. The van der Waals surface area contributed by atoms with Gasteiger partial charge in [0.15, 0.2) is 0 Å². The molecule has 3 aromatic heterocycles. The first kappa shape index (κ1) is 18.7. The van der Waals surface area contributed by atoms with Crippen LogP contribution in [0.25, 0.3) is 0 Å². The average molecular weight is 398 g/mol. The van der Waals surface area contributed by atoms with Gasteiger partial charge in [-0.05, 0) is 38.8 Å². The quantitative estimate of drug-likeness (QED) is 0.609. The fraction of sp³-hybridized carbons (Fsp3) is 0.450. The summed E-state index contributed by atoms with van der Waals surface area (Å²) < 4.78 is 7.27. The highest BCUT2D eigenvalue weighted by atomic mass is 32.1. The lowest BCUT2D eigenvalue weighted by Crippen LogP contribution is -2.24. The summed E-state index contributed by atoms with van der Waals surface area (Å²) in [5.74, 6) is 1.39. The molecule has 146 valence electrons. The lowest BCUT2D eigenvalue weighted by Gasteiger charge is -2.09. The standard InChI is InChI=1S/C20H23N5O2S/c1-12-5-4-6-17(21-12)16-9-15(16)11-27-18-10-14(20(26)25(3)24-18)7-8-19-23-22-13(2)28-19/h4-6,10,15-16H,7-9,11H2,1-3H3/t15-,16+/m1/s1. The molecular formula is C20H23N5O2S. The first-order valence-corrected chi connectivity index (χ1v) is 10.2. The largest absolute Gasteiger partial charge is 0.476 e. The van der Waals surface area contributed by atoms with Gasteiger partial charge in [0.05, 0.1) is 6.61 Å². The maximum atomic E-state index is 12.4. The van der Waals surface area contributed by atoms with Crippen LogP contribution in [0.5, 0.6) is 5.88 Å². The van der Waals surface area contributed by atoms with E-state index in [0.717, 1.165) is 27.8 Å². The summed E-state index contributed by atoms with van der Waals surface area (Å²) >= 11 is 1.56. The molecule has 4 rings (SSSR count). The van der Waals surface area contributed by atoms with Crippen molar-refractivity contribution >= 4 is 11.3 Å². The Kier molecular flexibility index (Phi) is 5.21. The summed E-state index contributed by atoms with van der Waals surface area (Å²) in [4.78, 5) is 17.0. The topological polar surface area (TPSA) is 82.8 Å². The third-order valence-corrected chi connectivity index (χ3v) is 5.85. The second-order valence-electron chi connectivity index (χ2n) is 7.27. The molecule has 2 atom stereocenters. The Labute approximate surface area is 167 Å². The Morgan fingerprint density at radius 1 is 1.25 bits per heavy atom. The van der Waals surface area contributed by atoms with Gasteiger partial charge >= 0.3 is 0 Å². The summed E-state index contributed by atoms with van der Waals surface area (Å²) in [5.41, 5.74) is 2.77. The Morgan fingerprint density at radius 2 is 2.11 bits per heavy atom. The van der Waals surface area contributed by atoms with E-state index in [-0.39, 0.29) is 5.56 Å². The highest BCUT2D eigenvalue weighted by molar-refractivity contribution is 7.11. The Balaban J connectivity index is 1.38. The van der Waals surface area contributed by atoms with E-state index in [4.69, 9.17) is 4.74 Å². The minimum absolute atomic E-state index is 0.0955. The van der Waals surface area contributed by atoms with Crippen molar-refractivity contribution in [1.29, 1.82) is 0 Å². The van der Waals surface area contributed by atoms with Gasteiger partial charge in [-0.3, -0.25) is 9.78 Å². The molecule has 7 nitrogen and oxygen atoms in total. The number of pyridine rings is 1. The van der Waals surface area contributed by atoms with Crippen LogP contribution in [-0.2, 0) is 19.9 Å². The van der Waals surface area contributed by atoms with Gasteiger partial charge in [0, 0.05) is 48.3 Å². The molecule has 28 heavy (non-hydrogen) atoms. The van der Waals surface area contributed by atoms with Crippen molar-refractivity contribution in [2.45, 2.75) is 39.0 Å². The van der Waals surface area contributed by atoms with Crippen LogP contribution >= 0.6 is 11.3 Å². The van der Waals surface area contributed by atoms with Gasteiger partial charge in [-0.15, -0.1) is 26.6 Å². The van der Waals surface area contributed by atoms with Crippen LogP contribution in [0, 0.1) is 19.8 Å². The molecule has 1 aliphatic carbocycles. The maximum Gasteiger partial charge on any atom is 0.269 e. The zero-order valence-electron chi connectivity index (χ0n) is 16.3. The fourth-order valence-electron chi connectivity index (χ4n) is 3.33. The second kappa shape index (κ2) is 7.79. The third-order valence-electron chi connectivity index (χ3n) is 4.95. The lowest BCUT2D eigenvalue weighted by molar-refractivity contribution is 0.277. The molecule has 0 aliphatic heterocycles. The number of nitrogens with zero attached hydrogens (tertiary/aromatic N) is 5. The second-order valence-corrected chi connectivity index (χ2v) is 8.53. The zero-order chi connectivity index (χ0) is 19.7. The van der Waals surface area contributed by atoms with Crippen LogP contribution in [0.4, 0.5) is 0 Å². The van der Waals surface area contributed by atoms with Crippen molar-refractivity contribution in [1.82, 2.24) is 25.0 Å². The van der Waals surface area contributed by atoms with E-state index in [2.05, 4.69) is 26.3 Å². The summed E-state index contributed by atoms with van der Waals surface area (Å²) in [6, 6.07) is 7.90. The number of aromatic nitrogens is 5. The molecule has 0 N–H and O–H groups in total. The first-order valence-electron chi connectivity index (χ1n) is 9.42. The molecule has 3 aromatic rings. The van der Waals surface area contributed by atoms with Gasteiger partial charge in [-0.2, -0.15) is 0 Å². The van der Waals surface area contributed by atoms with E-state index in [9.17, 15) is 4.79 Å². The van der Waals surface area contributed by atoms with Crippen molar-refractivity contribution in [3.05, 3.63) is 61.6 Å². The van der Waals surface area contributed by atoms with Crippen molar-refractivity contribution in [3.8, 4) is 5.88 Å². The van der Waals surface area contributed by atoms with Crippen LogP contribution in [0.1, 0.15) is 39.3 Å². The molecule has 1 saturated carbocycles. The number of rotatable bonds is 7. The van der Waals surface area contributed by atoms with E-state index in [1.807, 2.05) is 26.0 Å². The SMILES string of the molecule is Cc1cccc([C@H]2C[C@@H]2COc2cc(CCc3nnc(C)s3)c(=O)n(C)n2)n1. The van der Waals surface area contributed by atoms with Crippen LogP contribution in [0.3, 0.4) is 0 Å². The van der Waals surface area contributed by atoms with E-state index in [1.165, 1.54) is 4.68 Å². The van der Waals surface area contributed by atoms with Crippen molar-refractivity contribution < 1.29 is 4.74 Å². The van der Waals surface area contributed by atoms with Gasteiger partial charge in [0.1, 0.15) is 10.0 Å². The van der Waals surface area contributed by atoms with Crippen molar-refractivity contribution in [2.24, 2.45) is 13.0 Å². The predicted molar refractivity (Wildman–Crippen MR) is 107 cm³/mol. The zero-order valence-corrected chi connectivity index (χ0v) is 17.1. The van der Waals surface area contributed by atoms with E-state index in [0.29, 0.717) is 42.7 Å². The van der Waals surface area contributed by atoms with Crippen LogP contribution in [-0.4, -0.2) is 31.6 Å². The van der Waals surface area contributed by atoms with Crippen molar-refractivity contribution in [3.63, 3.8) is 0 Å². The van der Waals surface area contributed by atoms with Gasteiger partial charge in [-0.25, -0.2) is 4.68 Å². The molecule has 0 aromatic carbocycles. The lowest BCUT2D eigenvalue weighted by atomic mass is 10.2. The van der Waals surface area contributed by atoms with Gasteiger partial charge < -0.3 is 4.74 Å². The van der Waals surface area contributed by atoms with Crippen molar-refractivity contribution in [2.75, 3.05) is 6.61 Å². The minimum Gasteiger partial charge on any atom is -0.476 e. The predicted octanol–water partition coefficient (Wildman–Crippen LogP) is 2.61. The number of hydrogen-bond donors (Lipinski definition) is 0. The molecule has 8 heteroatoms. The van der Waals surface area contributed by atoms with Gasteiger partial charge in [0.25, 0.3) is 5.56 Å². The highest BCUT2D eigenvalue weighted by Gasteiger charge is 2.40. The smallest absolute Gasteiger partial charge is 0.269 e. The van der Waals surface area contributed by atoms with Crippen LogP contribution in [0.2, 0.25) is 0 Å². The van der Waals surface area contributed by atoms with Gasteiger partial charge in [0.2, 0.25) is 5.88 Å². The Morgan fingerprint density at radius 3 is 2.86 bits per heavy atom. The third kappa shape index (κ3) is 4.27. The Hall–Kier alpha value is -2.61. The number of aryl methyl sites for hydroxylation is 5. The summed E-state index contributed by atoms with van der Waals surface area (Å²) in [7, 11) is 1.66. The van der Waals surface area contributed by atoms with Gasteiger partial charge in [-0.1, -0.05) is 6.07 Å². The molecule has 0 saturated heterocycles. The monoisotopic (exact) mass is 397 g/mol. The summed E-state index contributed by atoms with van der Waals surface area (Å²) in [6.45, 7) is 4.52. The molecule has 1 fully saturated rings. The Bertz CT molecular complexity index is 1050. The average Bonchev–Trinajstić information content (AvgIpc) is 3.34. The van der Waals surface area contributed by atoms with E-state index < -0.39 is 0 Å². The van der Waals surface area contributed by atoms with Crippen LogP contribution < -0.4 is 10.3 Å². The molecule has 3 heterocycles.